The van der Waals surface area contributed by atoms with Gasteiger partial charge in [-0.25, -0.2) is 22.7 Å². The zero-order chi connectivity index (χ0) is 36.2. The zero-order valence-corrected chi connectivity index (χ0v) is 30.3. The molecule has 3 aromatic rings. The predicted octanol–water partition coefficient (Wildman–Crippen LogP) is 2.65. The topological polar surface area (TPSA) is 189 Å². The van der Waals surface area contributed by atoms with Gasteiger partial charge in [-0.2, -0.15) is 0 Å². The maximum absolute atomic E-state index is 14.0. The Bertz CT molecular complexity index is 1840. The van der Waals surface area contributed by atoms with Crippen LogP contribution in [0.25, 0.3) is 0 Å². The van der Waals surface area contributed by atoms with Crippen molar-refractivity contribution in [2.45, 2.75) is 55.2 Å². The highest BCUT2D eigenvalue weighted by Gasteiger charge is 2.60. The number of tetrazole rings is 1. The number of carbonyl (C=O) groups excluding carboxylic acids is 4. The molecule has 18 heteroatoms. The highest BCUT2D eigenvalue weighted by molar-refractivity contribution is 8.14. The van der Waals surface area contributed by atoms with E-state index >= 15 is 0 Å². The summed E-state index contributed by atoms with van der Waals surface area (Å²) < 4.78 is 44.5. The summed E-state index contributed by atoms with van der Waals surface area (Å²) in [6.45, 7) is 4.98. The van der Waals surface area contributed by atoms with Crippen LogP contribution in [-0.2, 0) is 45.5 Å². The van der Waals surface area contributed by atoms with Crippen molar-refractivity contribution in [1.29, 1.82) is 0 Å². The zero-order valence-electron chi connectivity index (χ0n) is 27.8. The third-order valence-corrected chi connectivity index (χ3v) is 11.5. The summed E-state index contributed by atoms with van der Waals surface area (Å²) in [5, 5.41) is 12.0. The Kier molecular flexibility index (Phi) is 11.3. The number of rotatable bonds is 12. The van der Waals surface area contributed by atoms with Crippen molar-refractivity contribution < 1.29 is 41.8 Å². The number of aryl methyl sites for hydroxylation is 1. The number of methoxy groups -OCH3 is 1. The Hall–Kier alpha value is -4.26. The Morgan fingerprint density at radius 2 is 1.66 bits per heavy atom. The van der Waals surface area contributed by atoms with Crippen molar-refractivity contribution in [3.05, 3.63) is 83.1 Å². The molecule has 0 bridgehead atoms. The average Bonchev–Trinajstić information content (AvgIpc) is 3.48. The van der Waals surface area contributed by atoms with Gasteiger partial charge in [0, 0.05) is 25.7 Å². The van der Waals surface area contributed by atoms with E-state index in [1.807, 2.05) is 12.1 Å². The van der Waals surface area contributed by atoms with Gasteiger partial charge < -0.3 is 19.5 Å². The molecule has 0 radical (unpaired) electrons. The van der Waals surface area contributed by atoms with Crippen molar-refractivity contribution in [1.82, 2.24) is 30.4 Å². The molecule has 15 nitrogen and oxygen atoms in total. The summed E-state index contributed by atoms with van der Waals surface area (Å²) in [6, 6.07) is 16.7. The minimum absolute atomic E-state index is 0.0271. The highest BCUT2D eigenvalue weighted by atomic mass is 32.2. The molecule has 3 heterocycles. The second kappa shape index (κ2) is 15.3. The van der Waals surface area contributed by atoms with Crippen LogP contribution >= 0.6 is 23.5 Å². The number of thioether (sulfide) groups is 2. The van der Waals surface area contributed by atoms with Crippen LogP contribution in [0.2, 0.25) is 0 Å². The van der Waals surface area contributed by atoms with E-state index in [1.54, 1.807) is 76.3 Å². The first kappa shape index (κ1) is 37.0. The molecule has 50 heavy (non-hydrogen) atoms. The molecule has 0 spiro atoms. The largest absolute Gasteiger partial charge is 0.451 e. The molecule has 266 valence electrons. The van der Waals surface area contributed by atoms with Gasteiger partial charge in [-0.05, 0) is 47.9 Å². The van der Waals surface area contributed by atoms with Crippen molar-refractivity contribution in [2.75, 3.05) is 24.4 Å². The van der Waals surface area contributed by atoms with Crippen molar-refractivity contribution >= 4 is 56.4 Å². The van der Waals surface area contributed by atoms with E-state index in [9.17, 15) is 27.6 Å². The Labute approximate surface area is 297 Å². The summed E-state index contributed by atoms with van der Waals surface area (Å²) in [5.41, 5.74) is 0.478. The Morgan fingerprint density at radius 1 is 1.04 bits per heavy atom. The minimum atomic E-state index is -3.94. The lowest BCUT2D eigenvalue weighted by atomic mass is 10.0. The summed E-state index contributed by atoms with van der Waals surface area (Å²) in [5.74, 6) is -2.42. The number of ether oxygens (including phenoxy) is 3. The number of nitrogens with one attached hydrogen (secondary N) is 1. The molecule has 1 aromatic heterocycles. The fourth-order valence-corrected chi connectivity index (χ4v) is 9.22. The van der Waals surface area contributed by atoms with E-state index in [0.29, 0.717) is 28.0 Å². The van der Waals surface area contributed by atoms with Gasteiger partial charge in [0.15, 0.2) is 27.4 Å². The molecule has 3 atom stereocenters. The lowest BCUT2D eigenvalue weighted by Crippen LogP contribution is -2.70. The Balaban J connectivity index is 1.43. The first-order chi connectivity index (χ1) is 23.7. The first-order valence-corrected chi connectivity index (χ1v) is 19.0. The van der Waals surface area contributed by atoms with Crippen LogP contribution in [0.15, 0.2) is 77.1 Å². The smallest absolute Gasteiger partial charge is 0.408 e. The summed E-state index contributed by atoms with van der Waals surface area (Å²) >= 11 is 1.72. The van der Waals surface area contributed by atoms with Gasteiger partial charge >= 0.3 is 12.1 Å². The van der Waals surface area contributed by atoms with Crippen LogP contribution < -0.4 is 5.32 Å². The molecule has 0 aliphatic carbocycles. The van der Waals surface area contributed by atoms with Gasteiger partial charge in [0.2, 0.25) is 10.3 Å². The number of nitrogens with zero attached hydrogens (tertiary/aromatic N) is 5. The second-order valence-corrected chi connectivity index (χ2v) is 16.4. The van der Waals surface area contributed by atoms with Crippen LogP contribution in [-0.4, -0.2) is 104 Å². The number of sulfone groups is 1. The fraction of sp³-hybridized carbons (Fsp3) is 0.406. The number of hydrogen-bond acceptors (Lipinski definition) is 14. The van der Waals surface area contributed by atoms with Gasteiger partial charge in [-0.3, -0.25) is 14.5 Å². The molecule has 2 aromatic carbocycles. The van der Waals surface area contributed by atoms with Crippen molar-refractivity contribution in [2.24, 2.45) is 7.05 Å². The van der Waals surface area contributed by atoms with Gasteiger partial charge in [-0.15, -0.1) is 5.10 Å². The van der Waals surface area contributed by atoms with Crippen LogP contribution in [0.1, 0.15) is 38.0 Å². The molecule has 2 aliphatic rings. The number of esters is 1. The first-order valence-electron chi connectivity index (χ1n) is 15.3. The lowest BCUT2D eigenvalue weighted by molar-refractivity contribution is -0.160. The summed E-state index contributed by atoms with van der Waals surface area (Å²) in [6.07, 6.45) is -3.03. The number of benzene rings is 2. The van der Waals surface area contributed by atoms with Crippen LogP contribution in [0.3, 0.4) is 0 Å². The summed E-state index contributed by atoms with van der Waals surface area (Å²) in [4.78, 5) is 54.8. The maximum Gasteiger partial charge on any atom is 0.408 e. The van der Waals surface area contributed by atoms with E-state index in [2.05, 4.69) is 20.8 Å². The molecule has 5 rings (SSSR count). The van der Waals surface area contributed by atoms with E-state index in [0.717, 1.165) is 16.7 Å². The quantitative estimate of drug-likeness (QED) is 0.162. The van der Waals surface area contributed by atoms with Crippen LogP contribution in [0.5, 0.6) is 0 Å². The van der Waals surface area contributed by atoms with E-state index in [-0.39, 0.29) is 22.8 Å². The molecule has 2 amide bonds. The molecule has 0 saturated carbocycles. The Morgan fingerprint density at radius 3 is 2.20 bits per heavy atom. The number of β-lactam (4-membered cyclic amide) rings is 1. The number of hydrogen-bond donors (Lipinski definition) is 1. The maximum atomic E-state index is 14.0. The third kappa shape index (κ3) is 8.36. The van der Waals surface area contributed by atoms with Gasteiger partial charge in [0.25, 0.3) is 5.91 Å². The number of aromatic nitrogens is 4. The van der Waals surface area contributed by atoms with Crippen LogP contribution in [0, 0.1) is 0 Å². The van der Waals surface area contributed by atoms with Gasteiger partial charge in [0.05, 0.1) is 5.75 Å². The fourth-order valence-electron chi connectivity index (χ4n) is 5.28. The van der Waals surface area contributed by atoms with Crippen molar-refractivity contribution in [3.63, 3.8) is 0 Å². The van der Waals surface area contributed by atoms with E-state index < -0.39 is 67.9 Å². The number of alkyl carbamates (subject to hydrolysis) is 1. The monoisotopic (exact) mass is 744 g/mol. The minimum Gasteiger partial charge on any atom is -0.451 e. The van der Waals surface area contributed by atoms with E-state index in [4.69, 9.17) is 14.2 Å². The third-order valence-electron chi connectivity index (χ3n) is 7.51. The molecule has 1 unspecified atom stereocenters. The van der Waals surface area contributed by atoms with Gasteiger partial charge in [-0.1, -0.05) is 84.2 Å². The van der Waals surface area contributed by atoms with Crippen LogP contribution in [0.4, 0.5) is 4.79 Å². The predicted molar refractivity (Wildman–Crippen MR) is 183 cm³/mol. The normalized spacial score (nSPS) is 19.0. The number of carbonyl (C=O) groups is 4. The number of fused-ring (bicyclic) bond motifs is 1. The number of amides is 2. The summed E-state index contributed by atoms with van der Waals surface area (Å²) in [7, 11) is -1.11. The molecular formula is C32H36N6O9S3. The molecule has 1 N–H and O–H groups in total. The molecule has 1 saturated heterocycles. The van der Waals surface area contributed by atoms with Gasteiger partial charge in [0.1, 0.15) is 17.3 Å². The van der Waals surface area contributed by atoms with E-state index in [1.165, 1.54) is 11.8 Å². The molecular weight excluding hydrogens is 709 g/mol. The second-order valence-electron chi connectivity index (χ2n) is 12.3. The standard InChI is InChI=1S/C32H36N6O9S3/c1-32(2,3)47-31(42)33-22(28(40)46-24(19-12-8-6-9-13-19)20-14-10-7-11-15-20)17-48-29(41)23-21(16-49-30-34-35-36-37(30)4)18-50(43,44)27-25(45-5)26(39)38(23)27/h6-15,22,24-25,27H,16-18H2,1-5H3,(H,33,42)/t22?,25-,27+/m0/s1. The average molecular weight is 745 g/mol. The SMILES string of the molecule is CO[C@H]1C(=O)N2C(C(=O)SCC(NC(=O)OC(C)(C)C)C(=O)OC(c3ccccc3)c3ccccc3)=C(CSc3nnnn3C)CS(=O)(=O)[C@H]12. The highest BCUT2D eigenvalue weighted by Crippen LogP contribution is 2.41. The lowest BCUT2D eigenvalue weighted by Gasteiger charge is -2.48. The molecule has 2 aliphatic heterocycles. The molecule has 1 fully saturated rings. The van der Waals surface area contributed by atoms with Crippen molar-refractivity contribution in [3.8, 4) is 0 Å².